The van der Waals surface area contributed by atoms with Crippen LogP contribution in [0.15, 0.2) is 65.7 Å². The van der Waals surface area contributed by atoms with E-state index in [0.717, 1.165) is 12.0 Å². The molecule has 2 rings (SSSR count). The van der Waals surface area contributed by atoms with Crippen LogP contribution in [0.2, 0.25) is 0 Å². The maximum absolute atomic E-state index is 11.9. The SMILES string of the molecule is CC(OCCCNC(=NCc1ccccc1)NCC(=O)N(C)C)c1ccccc1. The fourth-order valence-electron chi connectivity index (χ4n) is 2.60. The molecule has 0 aromatic heterocycles. The Morgan fingerprint density at radius 1 is 1.03 bits per heavy atom. The van der Waals surface area contributed by atoms with E-state index in [1.54, 1.807) is 19.0 Å². The van der Waals surface area contributed by atoms with E-state index in [2.05, 4.69) is 34.7 Å². The van der Waals surface area contributed by atoms with Gasteiger partial charge in [0.1, 0.15) is 0 Å². The monoisotopic (exact) mass is 396 g/mol. The molecule has 0 bridgehead atoms. The minimum absolute atomic E-state index is 0.000713. The number of rotatable bonds is 10. The molecule has 0 fully saturated rings. The first-order valence-electron chi connectivity index (χ1n) is 9.99. The van der Waals surface area contributed by atoms with Crippen LogP contribution in [-0.4, -0.2) is 50.6 Å². The number of nitrogens with zero attached hydrogens (tertiary/aromatic N) is 2. The third kappa shape index (κ3) is 8.79. The van der Waals surface area contributed by atoms with Gasteiger partial charge in [-0.25, -0.2) is 4.99 Å². The summed E-state index contributed by atoms with van der Waals surface area (Å²) in [5.74, 6) is 0.624. The Morgan fingerprint density at radius 2 is 1.69 bits per heavy atom. The van der Waals surface area contributed by atoms with Crippen molar-refractivity contribution in [2.45, 2.75) is 26.0 Å². The number of likely N-dealkylation sites (N-methyl/N-ethyl adjacent to an activating group) is 1. The Kier molecular flexibility index (Phi) is 9.72. The highest BCUT2D eigenvalue weighted by Crippen LogP contribution is 2.15. The summed E-state index contributed by atoms with van der Waals surface area (Å²) in [6.07, 6.45) is 0.906. The first-order chi connectivity index (χ1) is 14.1. The molecular formula is C23H32N4O2. The molecule has 156 valence electrons. The van der Waals surface area contributed by atoms with E-state index < -0.39 is 0 Å². The molecule has 2 N–H and O–H groups in total. The predicted octanol–water partition coefficient (Wildman–Crippen LogP) is 2.98. The van der Waals surface area contributed by atoms with Crippen molar-refractivity contribution in [3.8, 4) is 0 Å². The van der Waals surface area contributed by atoms with Gasteiger partial charge in [-0.05, 0) is 24.5 Å². The van der Waals surface area contributed by atoms with Crippen LogP contribution in [0.3, 0.4) is 0 Å². The van der Waals surface area contributed by atoms with Crippen molar-refractivity contribution in [1.82, 2.24) is 15.5 Å². The van der Waals surface area contributed by atoms with Gasteiger partial charge in [0.2, 0.25) is 5.91 Å². The molecule has 0 saturated heterocycles. The molecule has 0 saturated carbocycles. The van der Waals surface area contributed by atoms with Gasteiger partial charge >= 0.3 is 0 Å². The third-order valence-corrected chi connectivity index (χ3v) is 4.42. The predicted molar refractivity (Wildman–Crippen MR) is 118 cm³/mol. The van der Waals surface area contributed by atoms with Gasteiger partial charge in [-0.3, -0.25) is 4.79 Å². The van der Waals surface area contributed by atoms with Crippen LogP contribution in [0.1, 0.15) is 30.6 Å². The summed E-state index contributed by atoms with van der Waals surface area (Å²) in [6, 6.07) is 20.2. The van der Waals surface area contributed by atoms with Crippen LogP contribution in [0.4, 0.5) is 0 Å². The van der Waals surface area contributed by atoms with Crippen LogP contribution in [0.5, 0.6) is 0 Å². The molecule has 0 aliphatic carbocycles. The van der Waals surface area contributed by atoms with E-state index >= 15 is 0 Å². The van der Waals surface area contributed by atoms with Crippen LogP contribution >= 0.6 is 0 Å². The minimum atomic E-state index is -0.000713. The number of amides is 1. The number of hydrogen-bond donors (Lipinski definition) is 2. The Hall–Kier alpha value is -2.86. The minimum Gasteiger partial charge on any atom is -0.374 e. The molecule has 0 radical (unpaired) electrons. The molecular weight excluding hydrogens is 364 g/mol. The van der Waals surface area contributed by atoms with Gasteiger partial charge in [-0.15, -0.1) is 0 Å². The number of aliphatic imine (C=N–C) groups is 1. The maximum atomic E-state index is 11.9. The van der Waals surface area contributed by atoms with Crippen molar-refractivity contribution in [2.75, 3.05) is 33.8 Å². The summed E-state index contributed by atoms with van der Waals surface area (Å²) in [6.45, 7) is 4.16. The zero-order valence-electron chi connectivity index (χ0n) is 17.6. The second kappa shape index (κ2) is 12.6. The average Bonchev–Trinajstić information content (AvgIpc) is 2.75. The van der Waals surface area contributed by atoms with Crippen molar-refractivity contribution in [3.63, 3.8) is 0 Å². The molecule has 1 atom stereocenters. The van der Waals surface area contributed by atoms with Gasteiger partial charge < -0.3 is 20.3 Å². The normalized spacial score (nSPS) is 12.3. The van der Waals surface area contributed by atoms with Crippen molar-refractivity contribution in [3.05, 3.63) is 71.8 Å². The van der Waals surface area contributed by atoms with Crippen LogP contribution in [0.25, 0.3) is 0 Å². The van der Waals surface area contributed by atoms with Crippen LogP contribution < -0.4 is 10.6 Å². The van der Waals surface area contributed by atoms with Gasteiger partial charge in [-0.1, -0.05) is 60.7 Å². The van der Waals surface area contributed by atoms with Crippen LogP contribution in [0, 0.1) is 0 Å². The van der Waals surface area contributed by atoms with E-state index in [9.17, 15) is 4.79 Å². The highest BCUT2D eigenvalue weighted by Gasteiger charge is 2.07. The lowest BCUT2D eigenvalue weighted by Gasteiger charge is -2.16. The molecule has 0 aliphatic heterocycles. The number of ether oxygens (including phenoxy) is 1. The third-order valence-electron chi connectivity index (χ3n) is 4.42. The molecule has 29 heavy (non-hydrogen) atoms. The second-order valence-corrected chi connectivity index (χ2v) is 7.00. The highest BCUT2D eigenvalue weighted by molar-refractivity contribution is 5.86. The molecule has 1 unspecified atom stereocenters. The van der Waals surface area contributed by atoms with Crippen molar-refractivity contribution >= 4 is 11.9 Å². The highest BCUT2D eigenvalue weighted by atomic mass is 16.5. The maximum Gasteiger partial charge on any atom is 0.241 e. The van der Waals surface area contributed by atoms with Crippen molar-refractivity contribution in [2.24, 2.45) is 4.99 Å². The summed E-state index contributed by atoms with van der Waals surface area (Å²) in [5, 5.41) is 6.39. The summed E-state index contributed by atoms with van der Waals surface area (Å²) in [5.41, 5.74) is 2.29. The molecule has 6 nitrogen and oxygen atoms in total. The first-order valence-corrected chi connectivity index (χ1v) is 9.99. The Bertz CT molecular complexity index is 748. The number of hydrogen-bond acceptors (Lipinski definition) is 3. The first kappa shape index (κ1) is 22.4. The quantitative estimate of drug-likeness (QED) is 0.368. The largest absolute Gasteiger partial charge is 0.374 e. The Labute approximate surface area is 174 Å². The standard InChI is InChI=1S/C23H32N4O2/c1-19(21-13-8-5-9-14-21)29-16-10-15-24-23(26-18-22(28)27(2)3)25-17-20-11-6-4-7-12-20/h4-9,11-14,19H,10,15-18H2,1-3H3,(H2,24,25,26). The van der Waals surface area contributed by atoms with E-state index in [1.807, 2.05) is 48.5 Å². The summed E-state index contributed by atoms with van der Waals surface area (Å²) >= 11 is 0. The van der Waals surface area contributed by atoms with E-state index in [-0.39, 0.29) is 18.6 Å². The molecule has 0 spiro atoms. The van der Waals surface area contributed by atoms with Crippen molar-refractivity contribution in [1.29, 1.82) is 0 Å². The number of benzene rings is 2. The molecule has 2 aromatic carbocycles. The van der Waals surface area contributed by atoms with E-state index in [4.69, 9.17) is 4.74 Å². The van der Waals surface area contributed by atoms with Gasteiger partial charge in [0.25, 0.3) is 0 Å². The fourth-order valence-corrected chi connectivity index (χ4v) is 2.60. The number of carbonyl (C=O) groups excluding carboxylic acids is 1. The van der Waals surface area contributed by atoms with Gasteiger partial charge in [-0.2, -0.15) is 0 Å². The number of nitrogens with one attached hydrogen (secondary N) is 2. The average molecular weight is 397 g/mol. The zero-order valence-corrected chi connectivity index (χ0v) is 17.6. The lowest BCUT2D eigenvalue weighted by atomic mass is 10.1. The Morgan fingerprint density at radius 3 is 2.34 bits per heavy atom. The zero-order chi connectivity index (χ0) is 20.9. The molecule has 0 heterocycles. The second-order valence-electron chi connectivity index (χ2n) is 7.00. The summed E-state index contributed by atoms with van der Waals surface area (Å²) < 4.78 is 5.91. The fraction of sp³-hybridized carbons (Fsp3) is 0.391. The van der Waals surface area contributed by atoms with Gasteiger partial charge in [0.05, 0.1) is 19.2 Å². The molecule has 0 aliphatic rings. The molecule has 2 aromatic rings. The lowest BCUT2D eigenvalue weighted by molar-refractivity contribution is -0.127. The van der Waals surface area contributed by atoms with Gasteiger partial charge in [0, 0.05) is 27.2 Å². The lowest BCUT2D eigenvalue weighted by Crippen LogP contribution is -2.43. The van der Waals surface area contributed by atoms with E-state index in [0.29, 0.717) is 25.7 Å². The van der Waals surface area contributed by atoms with Crippen LogP contribution in [-0.2, 0) is 16.1 Å². The number of guanidine groups is 1. The van der Waals surface area contributed by atoms with Crippen molar-refractivity contribution < 1.29 is 9.53 Å². The molecule has 6 heteroatoms. The number of carbonyl (C=O) groups is 1. The smallest absolute Gasteiger partial charge is 0.241 e. The summed E-state index contributed by atoms with van der Waals surface area (Å²) in [7, 11) is 3.48. The van der Waals surface area contributed by atoms with Gasteiger partial charge in [0.15, 0.2) is 5.96 Å². The summed E-state index contributed by atoms with van der Waals surface area (Å²) in [4.78, 5) is 18.0. The van der Waals surface area contributed by atoms with E-state index in [1.165, 1.54) is 5.56 Å². The topological polar surface area (TPSA) is 66.0 Å². The molecule has 1 amide bonds. The Balaban J connectivity index is 1.79.